The highest BCUT2D eigenvalue weighted by atomic mass is 32.2. The van der Waals surface area contributed by atoms with Gasteiger partial charge in [0.1, 0.15) is 17.2 Å². The summed E-state index contributed by atoms with van der Waals surface area (Å²) in [6.45, 7) is 16.2. The molecule has 0 spiro atoms. The summed E-state index contributed by atoms with van der Waals surface area (Å²) < 4.78 is 15.7. The van der Waals surface area contributed by atoms with Crippen LogP contribution in [0.1, 0.15) is 80.4 Å². The zero-order valence-electron chi connectivity index (χ0n) is 21.2. The van der Waals surface area contributed by atoms with Crippen molar-refractivity contribution < 1.29 is 9.16 Å². The standard InChI is InChI=1S/C24H41N5O2SSi/c1-8-18-19(31-33(14(2)3,15(4)5)16(6)7)11-20(30-18)29-23-21(22(25)26-13-27-23)24(28-29)32-12-17-9-10-17/h13-20H,8-12H2,1-7H3,(H2,25,26,27)/t18-,19+,20-/m1/s1. The van der Waals surface area contributed by atoms with Gasteiger partial charge in [0, 0.05) is 12.2 Å². The number of nitrogens with zero attached hydrogens (tertiary/aromatic N) is 4. The highest BCUT2D eigenvalue weighted by Gasteiger charge is 2.50. The van der Waals surface area contributed by atoms with E-state index in [1.54, 1.807) is 11.8 Å². The number of fused-ring (bicyclic) bond motifs is 1. The third-order valence-corrected chi connectivity index (χ3v) is 14.9. The van der Waals surface area contributed by atoms with Crippen molar-refractivity contribution in [3.05, 3.63) is 6.33 Å². The fourth-order valence-electron chi connectivity index (χ4n) is 5.75. The van der Waals surface area contributed by atoms with Crippen LogP contribution in [0.25, 0.3) is 11.0 Å². The summed E-state index contributed by atoms with van der Waals surface area (Å²) in [6.07, 6.45) is 5.78. The molecule has 9 heteroatoms. The van der Waals surface area contributed by atoms with E-state index in [4.69, 9.17) is 20.0 Å². The van der Waals surface area contributed by atoms with E-state index in [1.165, 1.54) is 19.2 Å². The van der Waals surface area contributed by atoms with Crippen LogP contribution in [0.3, 0.4) is 0 Å². The smallest absolute Gasteiger partial charge is 0.200 e. The second kappa shape index (κ2) is 9.83. The van der Waals surface area contributed by atoms with E-state index in [9.17, 15) is 0 Å². The van der Waals surface area contributed by atoms with Crippen molar-refractivity contribution in [2.75, 3.05) is 11.5 Å². The Morgan fingerprint density at radius 1 is 1.15 bits per heavy atom. The molecule has 0 aromatic carbocycles. The van der Waals surface area contributed by atoms with Crippen LogP contribution < -0.4 is 5.73 Å². The Hall–Kier alpha value is -1.16. The molecule has 0 bridgehead atoms. The van der Waals surface area contributed by atoms with E-state index in [2.05, 4.69) is 58.4 Å². The summed E-state index contributed by atoms with van der Waals surface area (Å²) in [5, 5.41) is 6.75. The van der Waals surface area contributed by atoms with E-state index >= 15 is 0 Å². The lowest BCUT2D eigenvalue weighted by molar-refractivity contribution is -0.0222. The van der Waals surface area contributed by atoms with Crippen LogP contribution >= 0.6 is 11.8 Å². The minimum absolute atomic E-state index is 0.0547. The lowest BCUT2D eigenvalue weighted by atomic mass is 10.1. The van der Waals surface area contributed by atoms with Crippen LogP contribution in [0.5, 0.6) is 0 Å². The molecule has 1 aliphatic carbocycles. The number of rotatable bonds is 10. The normalized spacial score (nSPS) is 24.1. The predicted molar refractivity (Wildman–Crippen MR) is 138 cm³/mol. The first kappa shape index (κ1) is 24.9. The van der Waals surface area contributed by atoms with Gasteiger partial charge in [-0.1, -0.05) is 48.5 Å². The summed E-state index contributed by atoms with van der Waals surface area (Å²) in [5.74, 6) is 2.36. The Bertz CT molecular complexity index is 940. The Balaban J connectivity index is 1.64. The predicted octanol–water partition coefficient (Wildman–Crippen LogP) is 6.17. The van der Waals surface area contributed by atoms with Gasteiger partial charge in [-0.15, -0.1) is 11.8 Å². The van der Waals surface area contributed by atoms with Gasteiger partial charge in [-0.2, -0.15) is 5.10 Å². The Morgan fingerprint density at radius 3 is 2.39 bits per heavy atom. The zero-order chi connectivity index (χ0) is 23.9. The third kappa shape index (κ3) is 4.70. The summed E-state index contributed by atoms with van der Waals surface area (Å²) >= 11 is 1.77. The van der Waals surface area contributed by atoms with Crippen molar-refractivity contribution in [3.63, 3.8) is 0 Å². The molecule has 4 rings (SSSR count). The number of hydrogen-bond donors (Lipinski definition) is 1. The molecule has 2 N–H and O–H groups in total. The minimum atomic E-state index is -2.02. The molecule has 2 aromatic heterocycles. The van der Waals surface area contributed by atoms with E-state index in [0.717, 1.165) is 40.6 Å². The number of nitrogens with two attached hydrogens (primary N) is 1. The van der Waals surface area contributed by atoms with Gasteiger partial charge in [0.25, 0.3) is 0 Å². The SMILES string of the molecule is CC[C@H]1O[C@@H](n2nc(SCC3CC3)c3c(N)ncnc32)C[C@@H]1O[Si](C(C)C)(C(C)C)C(C)C. The summed E-state index contributed by atoms with van der Waals surface area (Å²) in [5.41, 5.74) is 8.66. The first-order valence-electron chi connectivity index (χ1n) is 12.6. The molecule has 2 aromatic rings. The molecule has 7 nitrogen and oxygen atoms in total. The maximum Gasteiger partial charge on any atom is 0.200 e. The van der Waals surface area contributed by atoms with Crippen molar-refractivity contribution >= 4 is 36.9 Å². The number of anilines is 1. The highest BCUT2D eigenvalue weighted by molar-refractivity contribution is 7.99. The summed E-state index contributed by atoms with van der Waals surface area (Å²) in [6, 6.07) is 0. The van der Waals surface area contributed by atoms with E-state index < -0.39 is 8.32 Å². The van der Waals surface area contributed by atoms with Crippen molar-refractivity contribution in [2.45, 2.75) is 114 Å². The number of nitrogen functional groups attached to an aromatic ring is 1. The number of aromatic nitrogens is 4. The van der Waals surface area contributed by atoms with Gasteiger partial charge in [0.2, 0.25) is 8.32 Å². The van der Waals surface area contributed by atoms with Gasteiger partial charge < -0.3 is 14.9 Å². The van der Waals surface area contributed by atoms with Crippen LogP contribution in [0, 0.1) is 5.92 Å². The van der Waals surface area contributed by atoms with Crippen LogP contribution in [-0.2, 0) is 9.16 Å². The van der Waals surface area contributed by atoms with Crippen LogP contribution in [-0.4, -0.2) is 46.0 Å². The third-order valence-electron chi connectivity index (χ3n) is 7.56. The number of thioether (sulfide) groups is 1. The lowest BCUT2D eigenvalue weighted by Crippen LogP contribution is -2.51. The fraction of sp³-hybridized carbons (Fsp3) is 0.792. The molecule has 3 atom stereocenters. The van der Waals surface area contributed by atoms with Crippen molar-refractivity contribution in [1.29, 1.82) is 0 Å². The molecule has 2 aliphatic rings. The molecule has 0 amide bonds. The van der Waals surface area contributed by atoms with Gasteiger partial charge in [0.05, 0.1) is 17.6 Å². The number of ether oxygens (including phenoxy) is 1. The average molecular weight is 492 g/mol. The molecule has 0 unspecified atom stereocenters. The molecule has 0 radical (unpaired) electrons. The van der Waals surface area contributed by atoms with E-state index in [0.29, 0.717) is 22.4 Å². The van der Waals surface area contributed by atoms with Gasteiger partial charge in [-0.3, -0.25) is 0 Å². The van der Waals surface area contributed by atoms with Crippen molar-refractivity contribution in [2.24, 2.45) is 5.92 Å². The second-order valence-corrected chi connectivity index (χ2v) is 17.1. The van der Waals surface area contributed by atoms with Crippen LogP contribution in [0.4, 0.5) is 5.82 Å². The largest absolute Gasteiger partial charge is 0.410 e. The van der Waals surface area contributed by atoms with Crippen molar-refractivity contribution in [3.8, 4) is 0 Å². The zero-order valence-corrected chi connectivity index (χ0v) is 23.1. The molecule has 1 saturated carbocycles. The second-order valence-electron chi connectivity index (χ2n) is 10.7. The molecule has 184 valence electrons. The Kier molecular flexibility index (Phi) is 7.43. The molecule has 2 fully saturated rings. The average Bonchev–Trinajstić information content (AvgIpc) is 3.38. The van der Waals surface area contributed by atoms with E-state index in [-0.39, 0.29) is 18.4 Å². The molecule has 33 heavy (non-hydrogen) atoms. The number of hydrogen-bond acceptors (Lipinski definition) is 7. The molecule has 1 saturated heterocycles. The Morgan fingerprint density at radius 2 is 1.82 bits per heavy atom. The van der Waals surface area contributed by atoms with Crippen molar-refractivity contribution in [1.82, 2.24) is 19.7 Å². The fourth-order valence-corrected chi connectivity index (χ4v) is 12.6. The summed E-state index contributed by atoms with van der Waals surface area (Å²) in [4.78, 5) is 8.81. The topological polar surface area (TPSA) is 88.1 Å². The van der Waals surface area contributed by atoms with Crippen LogP contribution in [0.15, 0.2) is 11.4 Å². The minimum Gasteiger partial charge on any atom is -0.410 e. The summed E-state index contributed by atoms with van der Waals surface area (Å²) in [7, 11) is -2.02. The maximum atomic E-state index is 7.18. The maximum absolute atomic E-state index is 7.18. The van der Waals surface area contributed by atoms with Crippen LogP contribution in [0.2, 0.25) is 16.6 Å². The van der Waals surface area contributed by atoms with Gasteiger partial charge >= 0.3 is 0 Å². The quantitative estimate of drug-likeness (QED) is 0.314. The van der Waals surface area contributed by atoms with Gasteiger partial charge in [-0.05, 0) is 41.8 Å². The molecular formula is C24H41N5O2SSi. The van der Waals surface area contributed by atoms with Gasteiger partial charge in [0.15, 0.2) is 11.9 Å². The lowest BCUT2D eigenvalue weighted by Gasteiger charge is -2.44. The highest BCUT2D eigenvalue weighted by Crippen LogP contribution is 2.46. The monoisotopic (exact) mass is 491 g/mol. The molecule has 1 aliphatic heterocycles. The first-order chi connectivity index (χ1) is 15.7. The molecular weight excluding hydrogens is 450 g/mol. The van der Waals surface area contributed by atoms with Gasteiger partial charge in [-0.25, -0.2) is 14.6 Å². The molecule has 3 heterocycles. The first-order valence-corrected chi connectivity index (χ1v) is 15.8. The van der Waals surface area contributed by atoms with E-state index in [1.807, 2.05) is 4.68 Å². The Labute approximate surface area is 203 Å².